The first-order chi connectivity index (χ1) is 9.15. The van der Waals surface area contributed by atoms with Crippen LogP contribution in [0.5, 0.6) is 0 Å². The van der Waals surface area contributed by atoms with Crippen molar-refractivity contribution in [2.45, 2.75) is 6.61 Å². The third kappa shape index (κ3) is 2.66. The van der Waals surface area contributed by atoms with Gasteiger partial charge in [0.05, 0.1) is 11.5 Å². The van der Waals surface area contributed by atoms with Gasteiger partial charge in [0.25, 0.3) is 5.69 Å². The Hall–Kier alpha value is -2.53. The van der Waals surface area contributed by atoms with E-state index in [0.29, 0.717) is 23.0 Å². The van der Waals surface area contributed by atoms with E-state index in [1.165, 1.54) is 12.1 Å². The lowest BCUT2D eigenvalue weighted by Crippen LogP contribution is -1.92. The SMILES string of the molecule is O=Cc1cc(CO)ccc1-c1ccc([N+](=O)[O-])cc1. The fourth-order valence-electron chi connectivity index (χ4n) is 1.83. The second-order valence-electron chi connectivity index (χ2n) is 4.00. The molecule has 0 fully saturated rings. The maximum Gasteiger partial charge on any atom is 0.269 e. The normalized spacial score (nSPS) is 10.2. The zero-order chi connectivity index (χ0) is 13.8. The van der Waals surface area contributed by atoms with E-state index in [9.17, 15) is 14.9 Å². The van der Waals surface area contributed by atoms with Gasteiger partial charge in [0.15, 0.2) is 6.29 Å². The largest absolute Gasteiger partial charge is 0.392 e. The summed E-state index contributed by atoms with van der Waals surface area (Å²) in [7, 11) is 0. The lowest BCUT2D eigenvalue weighted by Gasteiger charge is -2.06. The molecule has 0 aromatic heterocycles. The Morgan fingerprint density at radius 1 is 1.16 bits per heavy atom. The minimum Gasteiger partial charge on any atom is -0.392 e. The molecule has 0 saturated heterocycles. The van der Waals surface area contributed by atoms with Crippen molar-refractivity contribution in [2.24, 2.45) is 0 Å². The Balaban J connectivity index is 2.46. The maximum atomic E-state index is 11.1. The van der Waals surface area contributed by atoms with Crippen LogP contribution in [0.2, 0.25) is 0 Å². The summed E-state index contributed by atoms with van der Waals surface area (Å²) in [5.74, 6) is 0. The Morgan fingerprint density at radius 2 is 1.84 bits per heavy atom. The number of nitro groups is 1. The second-order valence-corrected chi connectivity index (χ2v) is 4.00. The molecule has 0 atom stereocenters. The highest BCUT2D eigenvalue weighted by atomic mass is 16.6. The molecule has 5 heteroatoms. The molecule has 1 N–H and O–H groups in total. The lowest BCUT2D eigenvalue weighted by atomic mass is 9.98. The van der Waals surface area contributed by atoms with E-state index in [2.05, 4.69) is 0 Å². The lowest BCUT2D eigenvalue weighted by molar-refractivity contribution is -0.384. The zero-order valence-electron chi connectivity index (χ0n) is 9.95. The number of aldehydes is 1. The molecule has 0 bridgehead atoms. The van der Waals surface area contributed by atoms with Crippen LogP contribution in [0.4, 0.5) is 5.69 Å². The fourth-order valence-corrected chi connectivity index (χ4v) is 1.83. The van der Waals surface area contributed by atoms with Crippen molar-refractivity contribution >= 4 is 12.0 Å². The van der Waals surface area contributed by atoms with E-state index in [1.807, 2.05) is 0 Å². The molecule has 0 spiro atoms. The molecule has 5 nitrogen and oxygen atoms in total. The van der Waals surface area contributed by atoms with Crippen molar-refractivity contribution in [3.05, 3.63) is 63.7 Å². The monoisotopic (exact) mass is 257 g/mol. The summed E-state index contributed by atoms with van der Waals surface area (Å²) in [6, 6.07) is 11.0. The number of carbonyl (C=O) groups excluding carboxylic acids is 1. The van der Waals surface area contributed by atoms with Crippen molar-refractivity contribution in [3.8, 4) is 11.1 Å². The summed E-state index contributed by atoms with van der Waals surface area (Å²) in [6.45, 7) is -0.138. The van der Waals surface area contributed by atoms with E-state index < -0.39 is 4.92 Å². The van der Waals surface area contributed by atoms with Gasteiger partial charge in [0, 0.05) is 17.7 Å². The molecule has 0 heterocycles. The number of non-ortho nitro benzene ring substituents is 1. The van der Waals surface area contributed by atoms with Gasteiger partial charge < -0.3 is 5.11 Å². The minimum atomic E-state index is -0.473. The first kappa shape index (κ1) is 12.9. The summed E-state index contributed by atoms with van der Waals surface area (Å²) in [4.78, 5) is 21.2. The molecule has 0 aliphatic carbocycles. The number of hydrogen-bond donors (Lipinski definition) is 1. The Bertz CT molecular complexity index is 620. The molecule has 2 aromatic rings. The van der Waals surface area contributed by atoms with Gasteiger partial charge in [-0.1, -0.05) is 12.1 Å². The van der Waals surface area contributed by atoms with Crippen LogP contribution >= 0.6 is 0 Å². The van der Waals surface area contributed by atoms with Crippen LogP contribution in [-0.4, -0.2) is 16.3 Å². The van der Waals surface area contributed by atoms with Gasteiger partial charge in [0.1, 0.15) is 0 Å². The standard InChI is InChI=1S/C14H11NO4/c16-8-10-1-6-14(12(7-10)9-17)11-2-4-13(5-3-11)15(18)19/h1-7,9,16H,8H2. The van der Waals surface area contributed by atoms with E-state index in [1.54, 1.807) is 30.3 Å². The van der Waals surface area contributed by atoms with Gasteiger partial charge in [-0.2, -0.15) is 0 Å². The summed E-state index contributed by atoms with van der Waals surface area (Å²) in [5.41, 5.74) is 2.50. The van der Waals surface area contributed by atoms with Gasteiger partial charge >= 0.3 is 0 Å². The minimum absolute atomic E-state index is 0.00313. The number of nitro benzene ring substituents is 1. The number of aliphatic hydroxyl groups is 1. The van der Waals surface area contributed by atoms with Gasteiger partial charge in [0.2, 0.25) is 0 Å². The molecule has 96 valence electrons. The van der Waals surface area contributed by atoms with E-state index in [0.717, 1.165) is 5.56 Å². The molecule has 19 heavy (non-hydrogen) atoms. The van der Waals surface area contributed by atoms with Gasteiger partial charge in [-0.15, -0.1) is 0 Å². The highest BCUT2D eigenvalue weighted by Crippen LogP contribution is 2.25. The number of benzene rings is 2. The summed E-state index contributed by atoms with van der Waals surface area (Å²) in [6.07, 6.45) is 0.704. The molecule has 0 radical (unpaired) electrons. The van der Waals surface area contributed by atoms with Crippen LogP contribution in [0.15, 0.2) is 42.5 Å². The number of nitrogens with zero attached hydrogens (tertiary/aromatic N) is 1. The van der Waals surface area contributed by atoms with Crippen molar-refractivity contribution in [2.75, 3.05) is 0 Å². The van der Waals surface area contributed by atoms with Crippen molar-refractivity contribution in [1.29, 1.82) is 0 Å². The van der Waals surface area contributed by atoms with E-state index in [-0.39, 0.29) is 12.3 Å². The van der Waals surface area contributed by atoms with Crippen LogP contribution in [0.25, 0.3) is 11.1 Å². The van der Waals surface area contributed by atoms with E-state index in [4.69, 9.17) is 5.11 Å². The molecule has 2 aromatic carbocycles. The summed E-state index contributed by atoms with van der Waals surface area (Å²) >= 11 is 0. The van der Waals surface area contributed by atoms with Crippen molar-refractivity contribution < 1.29 is 14.8 Å². The molecule has 0 aliphatic heterocycles. The molecule has 0 amide bonds. The average molecular weight is 257 g/mol. The Morgan fingerprint density at radius 3 is 2.37 bits per heavy atom. The maximum absolute atomic E-state index is 11.1. The van der Waals surface area contributed by atoms with Crippen LogP contribution in [0.1, 0.15) is 15.9 Å². The predicted octanol–water partition coefficient (Wildman–Crippen LogP) is 2.57. The first-order valence-corrected chi connectivity index (χ1v) is 5.59. The molecular weight excluding hydrogens is 246 g/mol. The van der Waals surface area contributed by atoms with Gasteiger partial charge in [-0.3, -0.25) is 14.9 Å². The number of carbonyl (C=O) groups is 1. The summed E-state index contributed by atoms with van der Waals surface area (Å²) < 4.78 is 0. The predicted molar refractivity (Wildman–Crippen MR) is 69.8 cm³/mol. The zero-order valence-corrected chi connectivity index (χ0v) is 9.95. The Labute approximate surface area is 109 Å². The molecule has 2 rings (SSSR count). The van der Waals surface area contributed by atoms with Crippen LogP contribution in [0.3, 0.4) is 0 Å². The fraction of sp³-hybridized carbons (Fsp3) is 0.0714. The number of hydrogen-bond acceptors (Lipinski definition) is 4. The van der Waals surface area contributed by atoms with Crippen molar-refractivity contribution in [1.82, 2.24) is 0 Å². The van der Waals surface area contributed by atoms with Crippen LogP contribution in [0, 0.1) is 10.1 Å². The molecular formula is C14H11NO4. The number of rotatable bonds is 4. The molecule has 0 unspecified atom stereocenters. The Kier molecular flexibility index (Phi) is 3.68. The molecule has 0 saturated carbocycles. The van der Waals surface area contributed by atoms with Crippen LogP contribution in [-0.2, 0) is 6.61 Å². The van der Waals surface area contributed by atoms with Gasteiger partial charge in [-0.25, -0.2) is 0 Å². The average Bonchev–Trinajstić information content (AvgIpc) is 2.46. The molecule has 0 aliphatic rings. The third-order valence-corrected chi connectivity index (χ3v) is 2.81. The topological polar surface area (TPSA) is 80.4 Å². The smallest absolute Gasteiger partial charge is 0.269 e. The van der Waals surface area contributed by atoms with E-state index >= 15 is 0 Å². The van der Waals surface area contributed by atoms with Crippen LogP contribution < -0.4 is 0 Å². The summed E-state index contributed by atoms with van der Waals surface area (Å²) in [5, 5.41) is 19.6. The highest BCUT2D eigenvalue weighted by Gasteiger charge is 2.08. The highest BCUT2D eigenvalue weighted by molar-refractivity contribution is 5.88. The first-order valence-electron chi connectivity index (χ1n) is 5.59. The third-order valence-electron chi connectivity index (χ3n) is 2.81. The van der Waals surface area contributed by atoms with Gasteiger partial charge in [-0.05, 0) is 34.9 Å². The quantitative estimate of drug-likeness (QED) is 0.518. The van der Waals surface area contributed by atoms with Crippen molar-refractivity contribution in [3.63, 3.8) is 0 Å². The second kappa shape index (κ2) is 5.41. The number of aliphatic hydroxyl groups excluding tert-OH is 1.